The molecule has 0 heterocycles. The van der Waals surface area contributed by atoms with Crippen LogP contribution in [-0.4, -0.2) is 18.4 Å². The van der Waals surface area contributed by atoms with Crippen LogP contribution in [0.4, 0.5) is 9.18 Å². The molecule has 0 aliphatic rings. The molecule has 0 saturated carbocycles. The van der Waals surface area contributed by atoms with Crippen LogP contribution in [0.3, 0.4) is 0 Å². The molecule has 0 fully saturated rings. The Morgan fingerprint density at radius 2 is 1.92 bits per heavy atom. The van der Waals surface area contributed by atoms with Gasteiger partial charge in [-0.15, -0.1) is 0 Å². The Morgan fingerprint density at radius 3 is 2.62 bits per heavy atom. The van der Waals surface area contributed by atoms with E-state index < -0.39 is 11.9 Å². The van der Waals surface area contributed by atoms with Gasteiger partial charge in [-0.2, -0.15) is 0 Å². The van der Waals surface area contributed by atoms with Crippen molar-refractivity contribution in [3.8, 4) is 11.8 Å². The Kier molecular flexibility index (Phi) is 6.09. The van der Waals surface area contributed by atoms with Crippen molar-refractivity contribution in [2.45, 2.75) is 13.5 Å². The van der Waals surface area contributed by atoms with Gasteiger partial charge in [0.25, 0.3) is 0 Å². The average Bonchev–Trinajstić information content (AvgIpc) is 2.57. The number of carbonyl (C=O) groups excluding carboxylic acids is 2. The van der Waals surface area contributed by atoms with Crippen molar-refractivity contribution in [2.75, 3.05) is 6.54 Å². The third kappa shape index (κ3) is 5.25. The van der Waals surface area contributed by atoms with Crippen molar-refractivity contribution in [3.63, 3.8) is 0 Å². The zero-order valence-electron chi connectivity index (χ0n) is 13.1. The van der Waals surface area contributed by atoms with Crippen LogP contribution in [0.1, 0.15) is 28.4 Å². The Balaban J connectivity index is 1.86. The molecule has 1 N–H and O–H groups in total. The van der Waals surface area contributed by atoms with Gasteiger partial charge in [-0.05, 0) is 30.7 Å². The fraction of sp³-hybridized carbons (Fsp3) is 0.158. The monoisotopic (exact) mass is 325 g/mol. The van der Waals surface area contributed by atoms with Crippen molar-refractivity contribution in [3.05, 3.63) is 71.0 Å². The van der Waals surface area contributed by atoms with Gasteiger partial charge in [0.2, 0.25) is 0 Å². The van der Waals surface area contributed by atoms with E-state index in [4.69, 9.17) is 4.74 Å². The minimum absolute atomic E-state index is 0.0292. The van der Waals surface area contributed by atoms with E-state index in [0.29, 0.717) is 11.1 Å². The van der Waals surface area contributed by atoms with Crippen molar-refractivity contribution in [1.82, 2.24) is 5.32 Å². The fourth-order valence-electron chi connectivity index (χ4n) is 1.96. The first kappa shape index (κ1) is 17.2. The maximum atomic E-state index is 13.2. The van der Waals surface area contributed by atoms with Crippen LogP contribution in [0, 0.1) is 17.7 Å². The molecule has 2 aromatic carbocycles. The summed E-state index contributed by atoms with van der Waals surface area (Å²) in [6.45, 7) is 1.58. The predicted octanol–water partition coefficient (Wildman–Crippen LogP) is 3.31. The Bertz CT molecular complexity index is 791. The molecule has 2 rings (SSSR count). The highest BCUT2D eigenvalue weighted by atomic mass is 19.1. The van der Waals surface area contributed by atoms with Crippen LogP contribution in [0.5, 0.6) is 0 Å². The molecule has 24 heavy (non-hydrogen) atoms. The molecule has 0 aliphatic carbocycles. The molecule has 0 aromatic heterocycles. The highest BCUT2D eigenvalue weighted by Crippen LogP contribution is 2.10. The number of hydrogen-bond acceptors (Lipinski definition) is 3. The third-order valence-corrected chi connectivity index (χ3v) is 3.12. The number of nitrogens with one attached hydrogen (secondary N) is 1. The number of ketones is 1. The topological polar surface area (TPSA) is 55.4 Å². The normalized spacial score (nSPS) is 9.58. The number of amides is 1. The van der Waals surface area contributed by atoms with E-state index in [2.05, 4.69) is 17.2 Å². The SMILES string of the molecule is CC(=O)c1ccc(F)cc1C#CCNC(=O)OCc1ccccc1. The summed E-state index contributed by atoms with van der Waals surface area (Å²) in [5, 5.41) is 2.47. The number of carbonyl (C=O) groups is 2. The molecule has 0 radical (unpaired) electrons. The summed E-state index contributed by atoms with van der Waals surface area (Å²) in [7, 11) is 0. The Morgan fingerprint density at radius 1 is 1.17 bits per heavy atom. The molecule has 0 unspecified atom stereocenters. The largest absolute Gasteiger partial charge is 0.445 e. The summed E-state index contributed by atoms with van der Waals surface area (Å²) in [6, 6.07) is 13.1. The second-order valence-electron chi connectivity index (χ2n) is 4.96. The van der Waals surface area contributed by atoms with E-state index in [1.54, 1.807) is 0 Å². The average molecular weight is 325 g/mol. The van der Waals surface area contributed by atoms with E-state index in [1.807, 2.05) is 30.3 Å². The smallest absolute Gasteiger partial charge is 0.408 e. The Hall–Kier alpha value is -3.13. The third-order valence-electron chi connectivity index (χ3n) is 3.12. The van der Waals surface area contributed by atoms with Crippen molar-refractivity contribution >= 4 is 11.9 Å². The lowest BCUT2D eigenvalue weighted by Crippen LogP contribution is -2.24. The second-order valence-corrected chi connectivity index (χ2v) is 4.96. The molecule has 1 amide bonds. The van der Waals surface area contributed by atoms with Crippen LogP contribution in [0.15, 0.2) is 48.5 Å². The first-order valence-electron chi connectivity index (χ1n) is 7.30. The second kappa shape index (κ2) is 8.49. The summed E-state index contributed by atoms with van der Waals surface area (Å²) in [5.74, 6) is 4.68. The highest BCUT2D eigenvalue weighted by molar-refractivity contribution is 5.96. The lowest BCUT2D eigenvalue weighted by molar-refractivity contribution is 0.101. The number of rotatable bonds is 4. The van der Waals surface area contributed by atoms with Gasteiger partial charge >= 0.3 is 6.09 Å². The van der Waals surface area contributed by atoms with Crippen molar-refractivity contribution in [1.29, 1.82) is 0 Å². The lowest BCUT2D eigenvalue weighted by atomic mass is 10.0. The van der Waals surface area contributed by atoms with Gasteiger partial charge in [0.15, 0.2) is 5.78 Å². The van der Waals surface area contributed by atoms with Gasteiger partial charge < -0.3 is 10.1 Å². The van der Waals surface area contributed by atoms with Gasteiger partial charge in [-0.1, -0.05) is 42.2 Å². The number of ether oxygens (including phenoxy) is 1. The van der Waals surface area contributed by atoms with E-state index in [9.17, 15) is 14.0 Å². The van der Waals surface area contributed by atoms with E-state index >= 15 is 0 Å². The van der Waals surface area contributed by atoms with Crippen LogP contribution < -0.4 is 5.32 Å². The molecule has 0 bridgehead atoms. The zero-order valence-corrected chi connectivity index (χ0v) is 13.1. The maximum Gasteiger partial charge on any atom is 0.408 e. The van der Waals surface area contributed by atoms with Gasteiger partial charge in [-0.25, -0.2) is 9.18 Å². The molecular formula is C19H16FNO3. The van der Waals surface area contributed by atoms with Gasteiger partial charge in [0.1, 0.15) is 12.4 Å². The van der Waals surface area contributed by atoms with E-state index in [1.165, 1.54) is 25.1 Å². The first-order chi connectivity index (χ1) is 11.6. The summed E-state index contributed by atoms with van der Waals surface area (Å²) in [6.07, 6.45) is -0.598. The summed E-state index contributed by atoms with van der Waals surface area (Å²) < 4.78 is 18.3. The Labute approximate surface area is 139 Å². The quantitative estimate of drug-likeness (QED) is 0.693. The van der Waals surface area contributed by atoms with Crippen molar-refractivity contribution < 1.29 is 18.7 Å². The minimum atomic E-state index is -0.598. The van der Waals surface area contributed by atoms with Gasteiger partial charge in [0.05, 0.1) is 6.54 Å². The zero-order chi connectivity index (χ0) is 17.4. The lowest BCUT2D eigenvalue weighted by Gasteiger charge is -2.04. The highest BCUT2D eigenvalue weighted by Gasteiger charge is 2.06. The molecule has 122 valence electrons. The number of Topliss-reactive ketones (excluding diaryl/α,β-unsaturated/α-hetero) is 1. The number of alkyl carbamates (subject to hydrolysis) is 1. The molecule has 0 spiro atoms. The molecule has 5 heteroatoms. The fourth-order valence-corrected chi connectivity index (χ4v) is 1.96. The molecule has 2 aromatic rings. The van der Waals surface area contributed by atoms with Crippen LogP contribution in [-0.2, 0) is 11.3 Å². The summed E-state index contributed by atoms with van der Waals surface area (Å²) >= 11 is 0. The maximum absolute atomic E-state index is 13.2. The number of benzene rings is 2. The first-order valence-corrected chi connectivity index (χ1v) is 7.30. The summed E-state index contributed by atoms with van der Waals surface area (Å²) in [4.78, 5) is 23.0. The molecule has 0 saturated heterocycles. The van der Waals surface area contributed by atoms with Crippen LogP contribution >= 0.6 is 0 Å². The van der Waals surface area contributed by atoms with E-state index in [-0.39, 0.29) is 18.9 Å². The predicted molar refractivity (Wildman–Crippen MR) is 87.9 cm³/mol. The minimum Gasteiger partial charge on any atom is -0.445 e. The molecule has 4 nitrogen and oxygen atoms in total. The standard InChI is InChI=1S/C19H16FNO3/c1-14(22)18-10-9-17(20)12-16(18)8-5-11-21-19(23)24-13-15-6-3-2-4-7-15/h2-4,6-7,9-10,12H,11,13H2,1H3,(H,21,23). The van der Waals surface area contributed by atoms with E-state index in [0.717, 1.165) is 5.56 Å². The number of hydrogen-bond donors (Lipinski definition) is 1. The summed E-state index contributed by atoms with van der Waals surface area (Å²) in [5.41, 5.74) is 1.52. The van der Waals surface area contributed by atoms with Gasteiger partial charge in [-0.3, -0.25) is 4.79 Å². The van der Waals surface area contributed by atoms with Crippen LogP contribution in [0.2, 0.25) is 0 Å². The number of halogens is 1. The van der Waals surface area contributed by atoms with Gasteiger partial charge in [0, 0.05) is 11.1 Å². The van der Waals surface area contributed by atoms with Crippen molar-refractivity contribution in [2.24, 2.45) is 0 Å². The molecule has 0 aliphatic heterocycles. The molecule has 0 atom stereocenters. The van der Waals surface area contributed by atoms with Crippen LogP contribution in [0.25, 0.3) is 0 Å². The molecular weight excluding hydrogens is 309 g/mol.